The molecule has 1 aromatic carbocycles. The lowest BCUT2D eigenvalue weighted by atomic mass is 10.3. The molecular weight excluding hydrogens is 314 g/mol. The number of amides is 2. The Morgan fingerprint density at radius 1 is 1.29 bits per heavy atom. The Labute approximate surface area is 139 Å². The molecule has 1 heterocycles. The molecule has 0 fully saturated rings. The van der Waals surface area contributed by atoms with Crippen molar-refractivity contribution in [3.8, 4) is 11.5 Å². The molecule has 0 aliphatic rings. The number of anilines is 1. The summed E-state index contributed by atoms with van der Waals surface area (Å²) in [6.07, 6.45) is 0. The summed E-state index contributed by atoms with van der Waals surface area (Å²) in [6, 6.07) is 7.81. The van der Waals surface area contributed by atoms with Crippen LogP contribution in [0, 0.1) is 6.92 Å². The zero-order chi connectivity index (χ0) is 17.5. The van der Waals surface area contributed by atoms with Gasteiger partial charge in [0.2, 0.25) is 5.91 Å². The molecule has 0 saturated carbocycles. The minimum absolute atomic E-state index is 0.235. The van der Waals surface area contributed by atoms with Crippen LogP contribution in [0.2, 0.25) is 0 Å². The van der Waals surface area contributed by atoms with Crippen LogP contribution in [-0.2, 0) is 9.59 Å². The SMILES string of the molecule is COc1ccccc1OCC(=O)N[C@H](C)C(=O)Nc1cc(C)on1. The average molecular weight is 333 g/mol. The van der Waals surface area contributed by atoms with Gasteiger partial charge in [0.25, 0.3) is 5.91 Å². The van der Waals surface area contributed by atoms with E-state index in [4.69, 9.17) is 14.0 Å². The summed E-state index contributed by atoms with van der Waals surface area (Å²) in [5.74, 6) is 1.01. The van der Waals surface area contributed by atoms with Gasteiger partial charge >= 0.3 is 0 Å². The molecule has 24 heavy (non-hydrogen) atoms. The Bertz CT molecular complexity index is 713. The standard InChI is InChI=1S/C16H19N3O5/c1-10-8-14(19-24-10)18-16(21)11(2)17-15(20)9-23-13-7-5-4-6-12(13)22-3/h4-8,11H,9H2,1-3H3,(H,17,20)(H,18,19,21)/t11-/m1/s1. The molecule has 0 bridgehead atoms. The molecule has 2 rings (SSSR count). The van der Waals surface area contributed by atoms with Crippen LogP contribution in [0.25, 0.3) is 0 Å². The summed E-state index contributed by atoms with van der Waals surface area (Å²) in [6.45, 7) is 3.04. The molecule has 0 spiro atoms. The minimum atomic E-state index is -0.754. The van der Waals surface area contributed by atoms with Gasteiger partial charge in [-0.3, -0.25) is 9.59 Å². The van der Waals surface area contributed by atoms with Crippen LogP contribution in [0.4, 0.5) is 5.82 Å². The maximum Gasteiger partial charge on any atom is 0.258 e. The molecule has 1 atom stereocenters. The molecule has 0 radical (unpaired) electrons. The van der Waals surface area contributed by atoms with Crippen LogP contribution in [-0.4, -0.2) is 36.7 Å². The third-order valence-electron chi connectivity index (χ3n) is 3.08. The van der Waals surface area contributed by atoms with Crippen LogP contribution in [0.15, 0.2) is 34.9 Å². The van der Waals surface area contributed by atoms with Gasteiger partial charge in [-0.1, -0.05) is 17.3 Å². The molecule has 8 heteroatoms. The molecule has 0 aliphatic heterocycles. The lowest BCUT2D eigenvalue weighted by Crippen LogP contribution is -2.43. The summed E-state index contributed by atoms with van der Waals surface area (Å²) in [7, 11) is 1.51. The fourth-order valence-electron chi connectivity index (χ4n) is 1.89. The number of nitrogens with zero attached hydrogens (tertiary/aromatic N) is 1. The number of ether oxygens (including phenoxy) is 2. The van der Waals surface area contributed by atoms with E-state index >= 15 is 0 Å². The van der Waals surface area contributed by atoms with E-state index in [9.17, 15) is 9.59 Å². The highest BCUT2D eigenvalue weighted by atomic mass is 16.5. The molecule has 0 unspecified atom stereocenters. The van der Waals surface area contributed by atoms with Crippen molar-refractivity contribution >= 4 is 17.6 Å². The number of rotatable bonds is 7. The normalized spacial score (nSPS) is 11.5. The van der Waals surface area contributed by atoms with E-state index in [0.29, 0.717) is 23.1 Å². The molecular formula is C16H19N3O5. The van der Waals surface area contributed by atoms with Gasteiger partial charge in [-0.2, -0.15) is 0 Å². The van der Waals surface area contributed by atoms with Crippen LogP contribution in [0.1, 0.15) is 12.7 Å². The van der Waals surface area contributed by atoms with Crippen LogP contribution in [0.5, 0.6) is 11.5 Å². The quantitative estimate of drug-likeness (QED) is 0.796. The van der Waals surface area contributed by atoms with Crippen molar-refractivity contribution in [3.63, 3.8) is 0 Å². The van der Waals surface area contributed by atoms with E-state index in [1.54, 1.807) is 44.2 Å². The van der Waals surface area contributed by atoms with Gasteiger partial charge in [0, 0.05) is 6.07 Å². The number of carbonyl (C=O) groups excluding carboxylic acids is 2. The van der Waals surface area contributed by atoms with Crippen molar-refractivity contribution in [2.75, 3.05) is 19.0 Å². The summed E-state index contributed by atoms with van der Waals surface area (Å²) >= 11 is 0. The highest BCUT2D eigenvalue weighted by molar-refractivity contribution is 5.96. The van der Waals surface area contributed by atoms with Crippen molar-refractivity contribution < 1.29 is 23.6 Å². The first-order valence-corrected chi connectivity index (χ1v) is 7.29. The van der Waals surface area contributed by atoms with Gasteiger partial charge in [-0.15, -0.1) is 0 Å². The molecule has 128 valence electrons. The van der Waals surface area contributed by atoms with E-state index < -0.39 is 17.9 Å². The zero-order valence-electron chi connectivity index (χ0n) is 13.7. The Morgan fingerprint density at radius 2 is 2.00 bits per heavy atom. The van der Waals surface area contributed by atoms with Crippen molar-refractivity contribution in [2.45, 2.75) is 19.9 Å². The van der Waals surface area contributed by atoms with Crippen LogP contribution in [0.3, 0.4) is 0 Å². The first-order valence-electron chi connectivity index (χ1n) is 7.29. The van der Waals surface area contributed by atoms with Gasteiger partial charge in [-0.05, 0) is 26.0 Å². The number of nitrogens with one attached hydrogen (secondary N) is 2. The van der Waals surface area contributed by atoms with Crippen molar-refractivity contribution in [1.29, 1.82) is 0 Å². The number of aryl methyl sites for hydroxylation is 1. The number of hydrogen-bond donors (Lipinski definition) is 2. The van der Waals surface area contributed by atoms with E-state index in [0.717, 1.165) is 0 Å². The molecule has 1 aromatic heterocycles. The topological polar surface area (TPSA) is 103 Å². The maximum atomic E-state index is 12.0. The van der Waals surface area contributed by atoms with E-state index in [1.165, 1.54) is 7.11 Å². The van der Waals surface area contributed by atoms with Gasteiger partial charge in [0.15, 0.2) is 23.9 Å². The van der Waals surface area contributed by atoms with Gasteiger partial charge in [-0.25, -0.2) is 0 Å². The number of para-hydroxylation sites is 2. The van der Waals surface area contributed by atoms with Crippen molar-refractivity contribution in [1.82, 2.24) is 10.5 Å². The fourth-order valence-corrected chi connectivity index (χ4v) is 1.89. The summed E-state index contributed by atoms with van der Waals surface area (Å²) in [5.41, 5.74) is 0. The van der Waals surface area contributed by atoms with E-state index in [-0.39, 0.29) is 6.61 Å². The number of aromatic nitrogens is 1. The lowest BCUT2D eigenvalue weighted by molar-refractivity contribution is -0.127. The highest BCUT2D eigenvalue weighted by Gasteiger charge is 2.17. The number of carbonyl (C=O) groups is 2. The number of hydrogen-bond acceptors (Lipinski definition) is 6. The summed E-state index contributed by atoms with van der Waals surface area (Å²) in [4.78, 5) is 23.9. The number of methoxy groups -OCH3 is 1. The molecule has 2 N–H and O–H groups in total. The maximum absolute atomic E-state index is 12.0. The summed E-state index contributed by atoms with van der Waals surface area (Å²) in [5, 5.41) is 8.73. The molecule has 2 aromatic rings. The Kier molecular flexibility index (Phi) is 5.78. The predicted molar refractivity (Wildman–Crippen MR) is 86.0 cm³/mol. The average Bonchev–Trinajstić information content (AvgIpc) is 2.98. The lowest BCUT2D eigenvalue weighted by Gasteiger charge is -2.14. The minimum Gasteiger partial charge on any atom is -0.493 e. The first-order chi connectivity index (χ1) is 11.5. The second-order valence-corrected chi connectivity index (χ2v) is 5.04. The third kappa shape index (κ3) is 4.73. The van der Waals surface area contributed by atoms with E-state index in [2.05, 4.69) is 15.8 Å². The smallest absolute Gasteiger partial charge is 0.258 e. The second-order valence-electron chi connectivity index (χ2n) is 5.04. The fraction of sp³-hybridized carbons (Fsp3) is 0.312. The van der Waals surface area contributed by atoms with Gasteiger partial charge < -0.3 is 24.6 Å². The highest BCUT2D eigenvalue weighted by Crippen LogP contribution is 2.25. The largest absolute Gasteiger partial charge is 0.493 e. The summed E-state index contributed by atoms with van der Waals surface area (Å²) < 4.78 is 15.4. The van der Waals surface area contributed by atoms with Crippen molar-refractivity contribution in [3.05, 3.63) is 36.1 Å². The van der Waals surface area contributed by atoms with Crippen molar-refractivity contribution in [2.24, 2.45) is 0 Å². The van der Waals surface area contributed by atoms with Crippen LogP contribution >= 0.6 is 0 Å². The molecule has 8 nitrogen and oxygen atoms in total. The Hall–Kier alpha value is -3.03. The third-order valence-corrected chi connectivity index (χ3v) is 3.08. The van der Waals surface area contributed by atoms with E-state index in [1.807, 2.05) is 0 Å². The van der Waals surface area contributed by atoms with Crippen LogP contribution < -0.4 is 20.1 Å². The molecule has 0 aliphatic carbocycles. The first kappa shape index (κ1) is 17.3. The second kappa shape index (κ2) is 8.00. The Morgan fingerprint density at radius 3 is 2.62 bits per heavy atom. The van der Waals surface area contributed by atoms with Gasteiger partial charge in [0.05, 0.1) is 7.11 Å². The molecule has 2 amide bonds. The predicted octanol–water partition coefficient (Wildman–Crippen LogP) is 1.51. The Balaban J connectivity index is 1.81. The zero-order valence-corrected chi connectivity index (χ0v) is 13.7. The number of benzene rings is 1. The monoisotopic (exact) mass is 333 g/mol. The van der Waals surface area contributed by atoms with Gasteiger partial charge in [0.1, 0.15) is 11.8 Å². The molecule has 0 saturated heterocycles.